The van der Waals surface area contributed by atoms with Gasteiger partial charge < -0.3 is 0 Å². The Bertz CT molecular complexity index is 514. The van der Waals surface area contributed by atoms with Crippen LogP contribution in [-0.2, 0) is 0 Å². The Morgan fingerprint density at radius 2 is 1.41 bits per heavy atom. The van der Waals surface area contributed by atoms with Crippen LogP contribution in [0.1, 0.15) is 70.7 Å². The summed E-state index contributed by atoms with van der Waals surface area (Å²) in [4.78, 5) is 4.12. The summed E-state index contributed by atoms with van der Waals surface area (Å²) in [5.74, 6) is 2.02. The summed E-state index contributed by atoms with van der Waals surface area (Å²) in [5, 5.41) is 0. The first kappa shape index (κ1) is 20.4. The van der Waals surface area contributed by atoms with Crippen molar-refractivity contribution in [2.75, 3.05) is 0 Å². The van der Waals surface area contributed by atoms with Crippen molar-refractivity contribution in [2.24, 2.45) is 5.92 Å². The van der Waals surface area contributed by atoms with Gasteiger partial charge >= 0.3 is 0 Å². The summed E-state index contributed by atoms with van der Waals surface area (Å²) in [5.41, 5.74) is 3.92. The van der Waals surface area contributed by atoms with E-state index in [-0.39, 0.29) is 7.43 Å². The molecule has 0 saturated carbocycles. The largest absolute Gasteiger partial charge is 0.262 e. The van der Waals surface area contributed by atoms with Crippen molar-refractivity contribution in [3.8, 4) is 0 Å². The van der Waals surface area contributed by atoms with E-state index in [1.165, 1.54) is 11.1 Å². The molecule has 0 N–H and O–H groups in total. The van der Waals surface area contributed by atoms with E-state index in [0.29, 0.717) is 11.8 Å². The zero-order valence-corrected chi connectivity index (χ0v) is 14.3. The monoisotopic (exact) mass is 299 g/mol. The Balaban J connectivity index is 0.000000385. The lowest BCUT2D eigenvalue weighted by atomic mass is 9.91. The molecule has 22 heavy (non-hydrogen) atoms. The number of aromatic nitrogens is 1. The van der Waals surface area contributed by atoms with Crippen molar-refractivity contribution in [1.29, 1.82) is 0 Å². The summed E-state index contributed by atoms with van der Waals surface area (Å²) in [7, 11) is 0. The summed E-state index contributed by atoms with van der Waals surface area (Å²) >= 11 is 0. The lowest BCUT2D eigenvalue weighted by Crippen LogP contribution is -2.00. The van der Waals surface area contributed by atoms with Gasteiger partial charge in [-0.05, 0) is 47.9 Å². The molecule has 0 fully saturated rings. The van der Waals surface area contributed by atoms with Crippen LogP contribution in [0.4, 0.5) is 0 Å². The first-order valence-electron chi connectivity index (χ1n) is 7.89. The van der Waals surface area contributed by atoms with Crippen LogP contribution in [0.5, 0.6) is 0 Å². The summed E-state index contributed by atoms with van der Waals surface area (Å²) < 4.78 is 0. The summed E-state index contributed by atoms with van der Waals surface area (Å²) in [6.45, 7) is 13.2. The van der Waals surface area contributed by atoms with Crippen LogP contribution in [0.25, 0.3) is 0 Å². The van der Waals surface area contributed by atoms with Crippen LogP contribution in [0, 0.1) is 12.8 Å². The van der Waals surface area contributed by atoms with Gasteiger partial charge in [0.05, 0.1) is 0 Å². The minimum Gasteiger partial charge on any atom is -0.262 e. The van der Waals surface area contributed by atoms with E-state index < -0.39 is 0 Å². The fourth-order valence-corrected chi connectivity index (χ4v) is 2.07. The molecule has 2 aromatic rings. The minimum absolute atomic E-state index is 0. The predicted octanol–water partition coefficient (Wildman–Crippen LogP) is 6.60. The van der Waals surface area contributed by atoms with E-state index in [0.717, 1.165) is 11.6 Å². The van der Waals surface area contributed by atoms with Crippen LogP contribution >= 0.6 is 0 Å². The molecule has 1 atom stereocenters. The first-order chi connectivity index (χ1) is 9.91. The van der Waals surface area contributed by atoms with E-state index in [4.69, 9.17) is 0 Å². The van der Waals surface area contributed by atoms with Crippen LogP contribution in [-0.4, -0.2) is 4.98 Å². The third kappa shape index (κ3) is 6.89. The Morgan fingerprint density at radius 1 is 0.818 bits per heavy atom. The second kappa shape index (κ2) is 10.2. The highest BCUT2D eigenvalue weighted by Crippen LogP contribution is 2.22. The van der Waals surface area contributed by atoms with Crippen molar-refractivity contribution in [2.45, 2.75) is 60.8 Å². The molecule has 0 bridgehead atoms. The van der Waals surface area contributed by atoms with E-state index in [1.807, 2.05) is 13.1 Å². The fourth-order valence-electron chi connectivity index (χ4n) is 2.07. The van der Waals surface area contributed by atoms with E-state index in [9.17, 15) is 0 Å². The Hall–Kier alpha value is -1.63. The minimum atomic E-state index is 0. The average Bonchev–Trinajstić information content (AvgIpc) is 2.48. The van der Waals surface area contributed by atoms with Gasteiger partial charge in [0.2, 0.25) is 0 Å². The van der Waals surface area contributed by atoms with Gasteiger partial charge in [-0.15, -0.1) is 0 Å². The zero-order valence-electron chi connectivity index (χ0n) is 14.3. The van der Waals surface area contributed by atoms with Gasteiger partial charge in [0, 0.05) is 11.9 Å². The Kier molecular flexibility index (Phi) is 9.40. The van der Waals surface area contributed by atoms with E-state index in [1.54, 1.807) is 0 Å². The predicted molar refractivity (Wildman–Crippen MR) is 99.5 cm³/mol. The molecule has 0 radical (unpaired) electrons. The third-order valence-electron chi connectivity index (χ3n) is 3.91. The van der Waals surface area contributed by atoms with Crippen LogP contribution in [0.15, 0.2) is 48.7 Å². The van der Waals surface area contributed by atoms with Gasteiger partial charge in [-0.2, -0.15) is 0 Å². The van der Waals surface area contributed by atoms with Crippen LogP contribution < -0.4 is 0 Å². The summed E-state index contributed by atoms with van der Waals surface area (Å²) in [6, 6.07) is 14.9. The topological polar surface area (TPSA) is 12.9 Å². The molecular weight excluding hydrogens is 266 g/mol. The molecule has 0 aliphatic rings. The lowest BCUT2D eigenvalue weighted by Gasteiger charge is -2.15. The van der Waals surface area contributed by atoms with Gasteiger partial charge in [-0.3, -0.25) is 4.98 Å². The number of aryl methyl sites for hydroxylation is 1. The lowest BCUT2D eigenvalue weighted by molar-refractivity contribution is 0.535. The highest BCUT2D eigenvalue weighted by atomic mass is 14.6. The van der Waals surface area contributed by atoms with Crippen LogP contribution in [0.3, 0.4) is 0 Å². The quantitative estimate of drug-likeness (QED) is 0.622. The number of rotatable bonds is 3. The molecule has 1 aromatic carbocycles. The molecule has 2 rings (SSSR count). The fraction of sp³-hybridized carbons (Fsp3) is 0.476. The van der Waals surface area contributed by atoms with Crippen molar-refractivity contribution in [1.82, 2.24) is 4.98 Å². The van der Waals surface area contributed by atoms with Crippen molar-refractivity contribution in [3.05, 3.63) is 65.5 Å². The summed E-state index contributed by atoms with van der Waals surface area (Å²) in [6.07, 6.45) is 1.87. The second-order valence-corrected chi connectivity index (χ2v) is 6.33. The third-order valence-corrected chi connectivity index (χ3v) is 3.91. The van der Waals surface area contributed by atoms with Gasteiger partial charge in [0.15, 0.2) is 0 Å². The SMILES string of the molecule is C.CC(C)[C@H](C)c1ccccc1.Cc1cc(C(C)C)ccn1. The number of hydrogen-bond acceptors (Lipinski definition) is 1. The molecule has 122 valence electrons. The maximum absolute atomic E-state index is 4.12. The van der Waals surface area contributed by atoms with Crippen molar-refractivity contribution >= 4 is 0 Å². The van der Waals surface area contributed by atoms with Gasteiger partial charge in [0.1, 0.15) is 0 Å². The number of nitrogens with zero attached hydrogens (tertiary/aromatic N) is 1. The van der Waals surface area contributed by atoms with Crippen LogP contribution in [0.2, 0.25) is 0 Å². The molecule has 1 aromatic heterocycles. The Labute approximate surface area is 137 Å². The maximum Gasteiger partial charge on any atom is 0.0375 e. The zero-order chi connectivity index (χ0) is 15.8. The van der Waals surface area contributed by atoms with Crippen molar-refractivity contribution < 1.29 is 0 Å². The molecule has 0 spiro atoms. The maximum atomic E-state index is 4.12. The molecule has 0 aliphatic heterocycles. The standard InChI is InChI=1S/C11H16.C9H13N.CH4/c1-9(2)10(3)11-7-5-4-6-8-11;1-7(2)9-4-5-10-8(3)6-9;/h4-10H,1-3H3;4-7H,1-3H3;1H4/t10-;;/m0../s1. The van der Waals surface area contributed by atoms with E-state index in [2.05, 4.69) is 82.1 Å². The molecule has 1 nitrogen and oxygen atoms in total. The highest BCUT2D eigenvalue weighted by molar-refractivity contribution is 5.19. The van der Waals surface area contributed by atoms with Gasteiger partial charge in [0.25, 0.3) is 0 Å². The van der Waals surface area contributed by atoms with E-state index >= 15 is 0 Å². The first-order valence-corrected chi connectivity index (χ1v) is 7.89. The average molecular weight is 300 g/mol. The number of hydrogen-bond donors (Lipinski definition) is 0. The van der Waals surface area contributed by atoms with Gasteiger partial charge in [-0.1, -0.05) is 72.4 Å². The smallest absolute Gasteiger partial charge is 0.0375 e. The molecule has 1 heterocycles. The second-order valence-electron chi connectivity index (χ2n) is 6.33. The van der Waals surface area contributed by atoms with Gasteiger partial charge in [-0.25, -0.2) is 0 Å². The number of pyridine rings is 1. The Morgan fingerprint density at radius 3 is 1.82 bits per heavy atom. The molecule has 0 unspecified atom stereocenters. The molecule has 1 heteroatoms. The molecule has 0 aliphatic carbocycles. The van der Waals surface area contributed by atoms with Crippen molar-refractivity contribution in [3.63, 3.8) is 0 Å². The normalized spacial score (nSPS) is 11.5. The number of benzene rings is 1. The highest BCUT2D eigenvalue weighted by Gasteiger charge is 2.07. The molecular formula is C21H33N. The molecule has 0 amide bonds. The molecule has 0 saturated heterocycles.